The molecular formula is C26H44N4O4Zn+2. The first-order valence-corrected chi connectivity index (χ1v) is 11.0. The van der Waals surface area contributed by atoms with Gasteiger partial charge in [-0.15, -0.1) is 0 Å². The van der Waals surface area contributed by atoms with Crippen LogP contribution in [0.1, 0.15) is 20.7 Å². The average molecular weight is 542 g/mol. The quantitative estimate of drug-likeness (QED) is 0.493. The van der Waals surface area contributed by atoms with Crippen LogP contribution in [0.5, 0.6) is 0 Å². The van der Waals surface area contributed by atoms with Gasteiger partial charge in [0.25, 0.3) is 0 Å². The van der Waals surface area contributed by atoms with Crippen LogP contribution in [0, 0.1) is 0 Å². The van der Waals surface area contributed by atoms with Crippen LogP contribution in [0.15, 0.2) is 60.7 Å². The van der Waals surface area contributed by atoms with Crippen LogP contribution >= 0.6 is 0 Å². The van der Waals surface area contributed by atoms with E-state index in [1.807, 2.05) is 0 Å². The molecule has 0 aliphatic rings. The number of carboxylic acids is 2. The van der Waals surface area contributed by atoms with Crippen molar-refractivity contribution in [2.24, 2.45) is 0 Å². The van der Waals surface area contributed by atoms with Gasteiger partial charge in [-0.2, -0.15) is 0 Å². The van der Waals surface area contributed by atoms with Gasteiger partial charge in [0.05, 0.1) is 11.1 Å². The van der Waals surface area contributed by atoms with Crippen molar-refractivity contribution in [2.75, 3.05) is 82.6 Å². The van der Waals surface area contributed by atoms with Gasteiger partial charge in [0, 0.05) is 26.2 Å². The molecule has 2 aromatic rings. The number of carboxylic acid groups (broad SMARTS) is 2. The Morgan fingerprint density at radius 3 is 0.829 bits per heavy atom. The minimum Gasteiger partial charge on any atom is -0.478 e. The number of likely N-dealkylation sites (N-methyl/N-ethyl adjacent to an activating group) is 4. The fraction of sp³-hybridized carbons (Fsp3) is 0.462. The molecule has 2 N–H and O–H groups in total. The molecule has 2 aromatic carbocycles. The van der Waals surface area contributed by atoms with E-state index in [1.54, 1.807) is 60.7 Å². The minimum absolute atomic E-state index is 0. The van der Waals surface area contributed by atoms with E-state index in [1.165, 1.54) is 0 Å². The molecule has 0 spiro atoms. The van der Waals surface area contributed by atoms with Crippen molar-refractivity contribution in [3.8, 4) is 0 Å². The van der Waals surface area contributed by atoms with Gasteiger partial charge >= 0.3 is 31.4 Å². The molecule has 0 bridgehead atoms. The minimum atomic E-state index is -0.879. The van der Waals surface area contributed by atoms with Gasteiger partial charge in [0.2, 0.25) is 0 Å². The van der Waals surface area contributed by atoms with Gasteiger partial charge in [-0.1, -0.05) is 36.4 Å². The number of benzene rings is 2. The largest absolute Gasteiger partial charge is 2.00 e. The summed E-state index contributed by atoms with van der Waals surface area (Å²) in [5.74, 6) is -1.76. The van der Waals surface area contributed by atoms with Gasteiger partial charge in [-0.05, 0) is 80.6 Å². The monoisotopic (exact) mass is 540 g/mol. The molecule has 0 saturated carbocycles. The second-order valence-corrected chi connectivity index (χ2v) is 8.56. The third-order valence-corrected chi connectivity index (χ3v) is 4.03. The zero-order chi connectivity index (χ0) is 26.5. The maximum absolute atomic E-state index is 10.2. The van der Waals surface area contributed by atoms with Crippen molar-refractivity contribution < 1.29 is 39.3 Å². The smallest absolute Gasteiger partial charge is 0.478 e. The normalized spacial score (nSPS) is 9.71. The average Bonchev–Trinajstić information content (AvgIpc) is 2.79. The zero-order valence-electron chi connectivity index (χ0n) is 22.8. The molecule has 0 aliphatic carbocycles. The Bertz CT molecular complexity index is 677. The van der Waals surface area contributed by atoms with Crippen molar-refractivity contribution in [1.29, 1.82) is 0 Å². The van der Waals surface area contributed by atoms with E-state index in [2.05, 4.69) is 76.0 Å². The van der Waals surface area contributed by atoms with Crippen molar-refractivity contribution in [2.45, 2.75) is 0 Å². The Morgan fingerprint density at radius 2 is 0.714 bits per heavy atom. The van der Waals surface area contributed by atoms with Crippen LogP contribution in [-0.2, 0) is 19.5 Å². The van der Waals surface area contributed by atoms with Crippen LogP contribution in [0.4, 0.5) is 0 Å². The fourth-order valence-electron chi connectivity index (χ4n) is 1.96. The Morgan fingerprint density at radius 1 is 0.514 bits per heavy atom. The topological polar surface area (TPSA) is 87.6 Å². The molecule has 0 aromatic heterocycles. The molecule has 0 unspecified atom stereocenters. The summed E-state index contributed by atoms with van der Waals surface area (Å²) < 4.78 is 0. The zero-order valence-corrected chi connectivity index (χ0v) is 25.8. The summed E-state index contributed by atoms with van der Waals surface area (Å²) in [6.07, 6.45) is 0. The Hall–Kier alpha value is -2.16. The summed E-state index contributed by atoms with van der Waals surface area (Å²) in [4.78, 5) is 29.1. The Balaban J connectivity index is -0.000000387. The summed E-state index contributed by atoms with van der Waals surface area (Å²) in [5.41, 5.74) is 0.662. The van der Waals surface area contributed by atoms with Gasteiger partial charge in [0.1, 0.15) is 0 Å². The second kappa shape index (κ2) is 23.6. The van der Waals surface area contributed by atoms with Crippen LogP contribution in [0.3, 0.4) is 0 Å². The van der Waals surface area contributed by atoms with Crippen LogP contribution in [-0.4, -0.2) is 124 Å². The molecule has 0 atom stereocenters. The first kappa shape index (κ1) is 37.4. The summed E-state index contributed by atoms with van der Waals surface area (Å²) in [6.45, 7) is 4.58. The molecular weight excluding hydrogens is 498 g/mol. The molecule has 9 heteroatoms. The molecule has 0 fully saturated rings. The maximum atomic E-state index is 10.2. The summed E-state index contributed by atoms with van der Waals surface area (Å²) in [6, 6.07) is 16.6. The molecule has 0 radical (unpaired) electrons. The Labute approximate surface area is 224 Å². The number of aromatic carboxylic acids is 2. The predicted molar refractivity (Wildman–Crippen MR) is 141 cm³/mol. The van der Waals surface area contributed by atoms with Crippen LogP contribution in [0.25, 0.3) is 0 Å². The van der Waals surface area contributed by atoms with Crippen molar-refractivity contribution >= 4 is 11.9 Å². The van der Waals surface area contributed by atoms with E-state index in [4.69, 9.17) is 10.2 Å². The molecule has 0 aliphatic heterocycles. The summed E-state index contributed by atoms with van der Waals surface area (Å²) in [7, 11) is 16.7. The number of rotatable bonds is 8. The van der Waals surface area contributed by atoms with Crippen molar-refractivity contribution in [1.82, 2.24) is 19.6 Å². The third kappa shape index (κ3) is 28.0. The molecule has 2 rings (SSSR count). The van der Waals surface area contributed by atoms with Crippen LogP contribution in [0.2, 0.25) is 0 Å². The van der Waals surface area contributed by atoms with Gasteiger partial charge in [-0.3, -0.25) is 0 Å². The van der Waals surface area contributed by atoms with E-state index >= 15 is 0 Å². The number of nitrogens with zero attached hydrogens (tertiary/aromatic N) is 4. The van der Waals surface area contributed by atoms with E-state index in [0.29, 0.717) is 11.1 Å². The Kier molecular flexibility index (Phi) is 25.2. The first-order chi connectivity index (χ1) is 15.9. The SMILES string of the molecule is CN(C)CCN(C)C.CN(C)CCN(C)C.O=C(O)c1ccccc1.O=C(O)c1ccccc1.[Zn+2]. The molecule has 0 heterocycles. The summed E-state index contributed by atoms with van der Waals surface area (Å²) in [5, 5.41) is 16.8. The van der Waals surface area contributed by atoms with E-state index in [-0.39, 0.29) is 19.5 Å². The predicted octanol–water partition coefficient (Wildman–Crippen LogP) is 2.99. The summed E-state index contributed by atoms with van der Waals surface area (Å²) >= 11 is 0. The van der Waals surface area contributed by atoms with Crippen molar-refractivity contribution in [3.05, 3.63) is 71.8 Å². The molecule has 35 heavy (non-hydrogen) atoms. The molecule has 192 valence electrons. The first-order valence-electron chi connectivity index (χ1n) is 11.0. The van der Waals surface area contributed by atoms with Crippen molar-refractivity contribution in [3.63, 3.8) is 0 Å². The van der Waals surface area contributed by atoms with Gasteiger partial charge in [-0.25, -0.2) is 9.59 Å². The van der Waals surface area contributed by atoms with E-state index in [0.717, 1.165) is 26.2 Å². The van der Waals surface area contributed by atoms with E-state index in [9.17, 15) is 9.59 Å². The number of hydrogen-bond acceptors (Lipinski definition) is 6. The van der Waals surface area contributed by atoms with E-state index < -0.39 is 11.9 Å². The van der Waals surface area contributed by atoms with Gasteiger partial charge < -0.3 is 29.8 Å². The second-order valence-electron chi connectivity index (χ2n) is 8.56. The third-order valence-electron chi connectivity index (χ3n) is 4.03. The maximum Gasteiger partial charge on any atom is 2.00 e. The molecule has 0 amide bonds. The van der Waals surface area contributed by atoms with Gasteiger partial charge in [0.15, 0.2) is 0 Å². The molecule has 8 nitrogen and oxygen atoms in total. The number of hydrogen-bond donors (Lipinski definition) is 2. The fourth-order valence-corrected chi connectivity index (χ4v) is 1.96. The standard InChI is InChI=1S/2C7H6O2.2C6H16N2.Zn/c2*8-7(9)6-4-2-1-3-5-6;2*1-7(2)5-6-8(3)4;/h2*1-5H,(H,8,9);2*5-6H2,1-4H3;/q;;;;+2. The van der Waals surface area contributed by atoms with Crippen LogP contribution < -0.4 is 0 Å². The molecule has 0 saturated heterocycles. The number of carbonyl (C=O) groups is 2.